The van der Waals surface area contributed by atoms with Crippen molar-refractivity contribution in [3.8, 4) is 0 Å². The summed E-state index contributed by atoms with van der Waals surface area (Å²) in [4.78, 5) is 12.5. The molecule has 19 heavy (non-hydrogen) atoms. The highest BCUT2D eigenvalue weighted by molar-refractivity contribution is 9.10. The zero-order valence-corrected chi connectivity index (χ0v) is 12.6. The SMILES string of the molecule is CNCc1cccc(C(=O)c2cc(Br)ccc2C)c1. The van der Waals surface area contributed by atoms with Gasteiger partial charge in [0.2, 0.25) is 0 Å². The van der Waals surface area contributed by atoms with Crippen LogP contribution in [-0.2, 0) is 6.54 Å². The molecule has 2 rings (SSSR count). The van der Waals surface area contributed by atoms with Crippen LogP contribution in [0.5, 0.6) is 0 Å². The molecule has 0 aliphatic heterocycles. The van der Waals surface area contributed by atoms with E-state index in [9.17, 15) is 4.79 Å². The minimum Gasteiger partial charge on any atom is -0.316 e. The van der Waals surface area contributed by atoms with Crippen LogP contribution in [0.3, 0.4) is 0 Å². The van der Waals surface area contributed by atoms with Gasteiger partial charge in [-0.1, -0.05) is 40.2 Å². The molecule has 2 nitrogen and oxygen atoms in total. The summed E-state index contributed by atoms with van der Waals surface area (Å²) in [6, 6.07) is 13.5. The van der Waals surface area contributed by atoms with Gasteiger partial charge < -0.3 is 5.32 Å². The standard InChI is InChI=1S/C16H16BrNO/c1-11-6-7-14(17)9-15(11)16(19)13-5-3-4-12(8-13)10-18-2/h3-9,18H,10H2,1-2H3. The summed E-state index contributed by atoms with van der Waals surface area (Å²) in [7, 11) is 1.90. The van der Waals surface area contributed by atoms with Crippen LogP contribution in [0, 0.1) is 6.92 Å². The Morgan fingerprint density at radius 2 is 2.00 bits per heavy atom. The van der Waals surface area contributed by atoms with E-state index < -0.39 is 0 Å². The molecule has 0 amide bonds. The Balaban J connectivity index is 2.38. The van der Waals surface area contributed by atoms with Crippen molar-refractivity contribution >= 4 is 21.7 Å². The fourth-order valence-corrected chi connectivity index (χ4v) is 2.38. The van der Waals surface area contributed by atoms with Crippen molar-refractivity contribution in [2.24, 2.45) is 0 Å². The summed E-state index contributed by atoms with van der Waals surface area (Å²) in [5, 5.41) is 3.09. The van der Waals surface area contributed by atoms with Crippen molar-refractivity contribution in [2.45, 2.75) is 13.5 Å². The summed E-state index contributed by atoms with van der Waals surface area (Å²) in [5.74, 6) is 0.0664. The molecule has 0 bridgehead atoms. The quantitative estimate of drug-likeness (QED) is 0.871. The molecule has 0 heterocycles. The number of aryl methyl sites for hydroxylation is 1. The van der Waals surface area contributed by atoms with Crippen LogP contribution in [-0.4, -0.2) is 12.8 Å². The smallest absolute Gasteiger partial charge is 0.193 e. The highest BCUT2D eigenvalue weighted by Gasteiger charge is 2.12. The van der Waals surface area contributed by atoms with E-state index >= 15 is 0 Å². The molecule has 0 aliphatic carbocycles. The molecular formula is C16H16BrNO. The molecule has 0 aliphatic rings. The molecule has 0 radical (unpaired) electrons. The number of ketones is 1. The van der Waals surface area contributed by atoms with Crippen molar-refractivity contribution in [1.82, 2.24) is 5.32 Å². The second kappa shape index (κ2) is 6.13. The fourth-order valence-electron chi connectivity index (χ4n) is 2.02. The number of halogens is 1. The molecule has 2 aromatic rings. The summed E-state index contributed by atoms with van der Waals surface area (Å²) < 4.78 is 0.924. The Labute approximate surface area is 122 Å². The van der Waals surface area contributed by atoms with Gasteiger partial charge in [0, 0.05) is 22.1 Å². The van der Waals surface area contributed by atoms with Crippen molar-refractivity contribution < 1.29 is 4.79 Å². The lowest BCUT2D eigenvalue weighted by Gasteiger charge is -2.07. The lowest BCUT2D eigenvalue weighted by atomic mass is 9.98. The second-order valence-electron chi connectivity index (χ2n) is 4.52. The summed E-state index contributed by atoms with van der Waals surface area (Å²) >= 11 is 3.41. The van der Waals surface area contributed by atoms with Crippen LogP contribution in [0.2, 0.25) is 0 Å². The molecule has 0 saturated heterocycles. The third-order valence-electron chi connectivity index (χ3n) is 3.01. The zero-order chi connectivity index (χ0) is 13.8. The molecule has 0 aromatic heterocycles. The number of hydrogen-bond donors (Lipinski definition) is 1. The molecule has 3 heteroatoms. The summed E-state index contributed by atoms with van der Waals surface area (Å²) in [5.41, 5.74) is 3.58. The number of carbonyl (C=O) groups excluding carboxylic acids is 1. The molecular weight excluding hydrogens is 302 g/mol. The van der Waals surface area contributed by atoms with Crippen molar-refractivity contribution in [3.63, 3.8) is 0 Å². The molecule has 2 aromatic carbocycles. The van der Waals surface area contributed by atoms with E-state index in [1.54, 1.807) is 0 Å². The molecule has 0 spiro atoms. The predicted molar refractivity (Wildman–Crippen MR) is 81.5 cm³/mol. The van der Waals surface area contributed by atoms with Crippen molar-refractivity contribution in [1.29, 1.82) is 0 Å². The van der Waals surface area contributed by atoms with Gasteiger partial charge in [-0.05, 0) is 43.3 Å². The normalized spacial score (nSPS) is 10.5. The zero-order valence-electron chi connectivity index (χ0n) is 11.0. The van der Waals surface area contributed by atoms with Gasteiger partial charge in [0.05, 0.1) is 0 Å². The van der Waals surface area contributed by atoms with Gasteiger partial charge in [-0.3, -0.25) is 4.79 Å². The van der Waals surface area contributed by atoms with Crippen LogP contribution in [0.4, 0.5) is 0 Å². The molecule has 0 fully saturated rings. The van der Waals surface area contributed by atoms with Gasteiger partial charge in [0.15, 0.2) is 5.78 Å². The molecule has 0 atom stereocenters. The van der Waals surface area contributed by atoms with Crippen LogP contribution < -0.4 is 5.32 Å². The van der Waals surface area contributed by atoms with E-state index in [4.69, 9.17) is 0 Å². The lowest BCUT2D eigenvalue weighted by Crippen LogP contribution is -2.08. The van der Waals surface area contributed by atoms with Gasteiger partial charge in [-0.2, -0.15) is 0 Å². The highest BCUT2D eigenvalue weighted by Crippen LogP contribution is 2.20. The first-order valence-electron chi connectivity index (χ1n) is 6.16. The number of benzene rings is 2. The molecule has 0 saturated carbocycles. The maximum atomic E-state index is 12.5. The van der Waals surface area contributed by atoms with Crippen molar-refractivity contribution in [3.05, 3.63) is 69.2 Å². The maximum Gasteiger partial charge on any atom is 0.193 e. The Bertz CT molecular complexity index is 607. The van der Waals surface area contributed by atoms with Gasteiger partial charge in [0.25, 0.3) is 0 Å². The van der Waals surface area contributed by atoms with Crippen LogP contribution in [0.15, 0.2) is 46.9 Å². The van der Waals surface area contributed by atoms with E-state index in [1.165, 1.54) is 0 Å². The minimum absolute atomic E-state index is 0.0664. The maximum absolute atomic E-state index is 12.5. The second-order valence-corrected chi connectivity index (χ2v) is 5.43. The topological polar surface area (TPSA) is 29.1 Å². The molecule has 0 unspecified atom stereocenters. The minimum atomic E-state index is 0.0664. The first-order valence-corrected chi connectivity index (χ1v) is 6.95. The molecule has 98 valence electrons. The predicted octanol–water partition coefficient (Wildman–Crippen LogP) is 3.71. The highest BCUT2D eigenvalue weighted by atomic mass is 79.9. The first-order chi connectivity index (χ1) is 9.11. The van der Waals surface area contributed by atoms with Gasteiger partial charge >= 0.3 is 0 Å². The van der Waals surface area contributed by atoms with E-state index in [-0.39, 0.29) is 5.78 Å². The number of rotatable bonds is 4. The van der Waals surface area contributed by atoms with E-state index in [1.807, 2.05) is 56.4 Å². The Morgan fingerprint density at radius 3 is 2.74 bits per heavy atom. The average Bonchev–Trinajstić information content (AvgIpc) is 2.41. The number of hydrogen-bond acceptors (Lipinski definition) is 2. The fraction of sp³-hybridized carbons (Fsp3) is 0.188. The summed E-state index contributed by atoms with van der Waals surface area (Å²) in [6.07, 6.45) is 0. The van der Waals surface area contributed by atoms with Crippen LogP contribution >= 0.6 is 15.9 Å². The summed E-state index contributed by atoms with van der Waals surface area (Å²) in [6.45, 7) is 2.72. The van der Waals surface area contributed by atoms with Crippen LogP contribution in [0.25, 0.3) is 0 Å². The first kappa shape index (κ1) is 14.0. The number of nitrogens with one attached hydrogen (secondary N) is 1. The van der Waals surface area contributed by atoms with E-state index in [2.05, 4.69) is 21.2 Å². The van der Waals surface area contributed by atoms with E-state index in [0.717, 1.165) is 33.3 Å². The third-order valence-corrected chi connectivity index (χ3v) is 3.51. The molecule has 1 N–H and O–H groups in total. The number of carbonyl (C=O) groups is 1. The largest absolute Gasteiger partial charge is 0.316 e. The van der Waals surface area contributed by atoms with Gasteiger partial charge in [-0.15, -0.1) is 0 Å². The Hall–Kier alpha value is -1.45. The van der Waals surface area contributed by atoms with Crippen LogP contribution in [0.1, 0.15) is 27.0 Å². The average molecular weight is 318 g/mol. The monoisotopic (exact) mass is 317 g/mol. The van der Waals surface area contributed by atoms with Gasteiger partial charge in [0.1, 0.15) is 0 Å². The van der Waals surface area contributed by atoms with E-state index in [0.29, 0.717) is 0 Å². The Kier molecular flexibility index (Phi) is 4.51. The van der Waals surface area contributed by atoms with Gasteiger partial charge in [-0.25, -0.2) is 0 Å². The third kappa shape index (κ3) is 3.31. The Morgan fingerprint density at radius 1 is 1.21 bits per heavy atom. The van der Waals surface area contributed by atoms with Crippen molar-refractivity contribution in [2.75, 3.05) is 7.05 Å². The lowest BCUT2D eigenvalue weighted by molar-refractivity contribution is 0.103.